The maximum Gasteiger partial charge on any atom is 0.324 e. The molecule has 69 heavy (non-hydrogen) atoms. The fraction of sp³-hybridized carbons (Fsp3) is 0.528. The van der Waals surface area contributed by atoms with E-state index in [2.05, 4.69) is 93.1 Å². The van der Waals surface area contributed by atoms with Gasteiger partial charge in [-0.15, -0.1) is 0 Å². The number of carbonyl (C=O) groups excluding carboxylic acids is 5. The molecule has 4 amide bonds. The predicted octanol–water partition coefficient (Wildman–Crippen LogP) is 4.66. The number of aryl methyl sites for hydroxylation is 1. The summed E-state index contributed by atoms with van der Waals surface area (Å²) < 4.78 is 13.8. The minimum absolute atomic E-state index is 0.139. The van der Waals surface area contributed by atoms with E-state index in [9.17, 15) is 24.0 Å². The molecule has 366 valence electrons. The summed E-state index contributed by atoms with van der Waals surface area (Å²) in [6, 6.07) is 11.7. The monoisotopic (exact) mass is 942 g/mol. The van der Waals surface area contributed by atoms with Gasteiger partial charge in [-0.3, -0.25) is 33.9 Å². The Kier molecular flexibility index (Phi) is 15.2. The van der Waals surface area contributed by atoms with Crippen molar-refractivity contribution < 1.29 is 33.4 Å². The van der Waals surface area contributed by atoms with Crippen LogP contribution >= 0.6 is 0 Å². The van der Waals surface area contributed by atoms with Crippen molar-refractivity contribution in [2.75, 3.05) is 66.1 Å². The first-order chi connectivity index (χ1) is 33.1. The molecule has 16 nitrogen and oxygen atoms in total. The van der Waals surface area contributed by atoms with Crippen molar-refractivity contribution in [1.82, 2.24) is 45.0 Å². The topological polar surface area (TPSA) is 172 Å². The molecule has 2 aromatic heterocycles. The van der Waals surface area contributed by atoms with Gasteiger partial charge < -0.3 is 29.2 Å². The summed E-state index contributed by atoms with van der Waals surface area (Å²) in [4.78, 5) is 84.9. The number of nitrogens with one attached hydrogen (secondary N) is 2. The molecule has 3 saturated heterocycles. The Labute approximate surface area is 405 Å². The molecule has 4 aromatic rings. The number of hydrogen-bond donors (Lipinski definition) is 2. The largest absolute Gasteiger partial charge is 0.464 e. The number of likely N-dealkylation sites (N-methyl/N-ethyl adjacent to an activating group) is 1. The highest BCUT2D eigenvalue weighted by molar-refractivity contribution is 5.97. The van der Waals surface area contributed by atoms with Crippen molar-refractivity contribution in [3.8, 4) is 34.2 Å². The summed E-state index contributed by atoms with van der Waals surface area (Å²) >= 11 is 0. The molecule has 16 heteroatoms. The van der Waals surface area contributed by atoms with E-state index < -0.39 is 53.2 Å². The van der Waals surface area contributed by atoms with Gasteiger partial charge in [-0.1, -0.05) is 70.9 Å². The molecule has 6 heterocycles. The molecular formula is C53H67N9O7. The van der Waals surface area contributed by atoms with Crippen LogP contribution < -0.4 is 10.7 Å². The second kappa shape index (κ2) is 21.2. The molecular weight excluding hydrogens is 875 g/mol. The van der Waals surface area contributed by atoms with Gasteiger partial charge in [0.2, 0.25) is 11.8 Å². The molecule has 5 atom stereocenters. The van der Waals surface area contributed by atoms with Crippen LogP contribution in [0.1, 0.15) is 77.8 Å². The minimum Gasteiger partial charge on any atom is -0.464 e. The first-order valence-electron chi connectivity index (χ1n) is 24.5. The van der Waals surface area contributed by atoms with E-state index in [0.717, 1.165) is 57.5 Å². The lowest BCUT2D eigenvalue weighted by molar-refractivity contribution is -0.155. The number of esters is 1. The first kappa shape index (κ1) is 49.3. The van der Waals surface area contributed by atoms with Crippen molar-refractivity contribution in [1.29, 1.82) is 0 Å². The highest BCUT2D eigenvalue weighted by Crippen LogP contribution is 2.40. The van der Waals surface area contributed by atoms with Crippen LogP contribution in [0.4, 0.5) is 0 Å². The molecule has 0 saturated carbocycles. The smallest absolute Gasteiger partial charge is 0.324 e. The highest BCUT2D eigenvalue weighted by Gasteiger charge is 2.41. The quantitative estimate of drug-likeness (QED) is 0.186. The summed E-state index contributed by atoms with van der Waals surface area (Å²) in [6.07, 6.45) is 7.26. The van der Waals surface area contributed by atoms with E-state index in [4.69, 9.17) is 9.47 Å². The zero-order valence-electron chi connectivity index (χ0n) is 41.1. The zero-order valence-corrected chi connectivity index (χ0v) is 41.1. The van der Waals surface area contributed by atoms with Crippen LogP contribution in [0.5, 0.6) is 0 Å². The number of rotatable bonds is 8. The number of hydrogen-bond acceptors (Lipinski definition) is 11. The SMILES string of the molecule is CCn1c(-c2cncnc2)c2c3cc(ccc31)-c1cccc(c1)[C@@H](C)[C@H](NC(=O)[C@H](C(C)C)N(C)C(=O)[C@H]1CCN(C(=O)C#CCN3CCOCC3)C1)C(=O)N1CCC[C@H](N1)C(=O)OCC(C)(C)C2. The standard InChI is InChI=1S/C53H67N9O7/c1-8-61-44-17-16-38-27-41(44)42(48(61)40-29-54-33-55-30-40)28-53(5,6)32-69-52(67)43-14-10-20-62(57-43)51(66)46(35(4)36-12-9-13-37(38)26-36)56-49(64)47(34(2)3)58(7)50(65)39-18-21-60(31-39)45(63)15-11-19-59-22-24-68-25-23-59/h9,12-13,16-17,26-27,29-30,33-35,39,43,46-47,57H,8,10,14,18-25,28,31-32H2,1-7H3,(H,56,64)/t35-,39+,43+,46+,47+/m1/s1. The minimum atomic E-state index is -1.09. The lowest BCUT2D eigenvalue weighted by atomic mass is 9.84. The number of likely N-dealkylation sites (tertiary alicyclic amines) is 1. The van der Waals surface area contributed by atoms with Gasteiger partial charge in [-0.05, 0) is 78.8 Å². The Morgan fingerprint density at radius 3 is 2.48 bits per heavy atom. The van der Waals surface area contributed by atoms with E-state index in [1.165, 1.54) is 16.2 Å². The molecule has 4 aliphatic rings. The molecule has 0 unspecified atom stereocenters. The van der Waals surface area contributed by atoms with Crippen LogP contribution in [-0.4, -0.2) is 148 Å². The van der Waals surface area contributed by atoms with Crippen molar-refractivity contribution in [2.24, 2.45) is 17.3 Å². The lowest BCUT2D eigenvalue weighted by Gasteiger charge is -2.38. The average Bonchev–Trinajstić information content (AvgIpc) is 3.97. The number of ether oxygens (including phenoxy) is 2. The van der Waals surface area contributed by atoms with E-state index in [1.54, 1.807) is 11.9 Å². The summed E-state index contributed by atoms with van der Waals surface area (Å²) in [5, 5.41) is 5.64. The van der Waals surface area contributed by atoms with Gasteiger partial charge in [-0.2, -0.15) is 0 Å². The third-order valence-corrected chi connectivity index (χ3v) is 14.2. The highest BCUT2D eigenvalue weighted by atomic mass is 16.5. The number of aromatic nitrogens is 3. The number of fused-ring (bicyclic) bond motifs is 6. The Hall–Kier alpha value is -6.15. The van der Waals surface area contributed by atoms with Gasteiger partial charge in [0.15, 0.2) is 0 Å². The van der Waals surface area contributed by atoms with Crippen LogP contribution in [0.25, 0.3) is 33.3 Å². The van der Waals surface area contributed by atoms with Crippen molar-refractivity contribution in [2.45, 2.75) is 97.8 Å². The van der Waals surface area contributed by atoms with E-state index in [1.807, 2.05) is 45.3 Å². The molecule has 0 radical (unpaired) electrons. The van der Waals surface area contributed by atoms with Crippen LogP contribution in [0, 0.1) is 29.1 Å². The molecule has 4 aliphatic heterocycles. The maximum absolute atomic E-state index is 14.9. The second-order valence-corrected chi connectivity index (χ2v) is 20.2. The third-order valence-electron chi connectivity index (χ3n) is 14.2. The lowest BCUT2D eigenvalue weighted by Crippen LogP contribution is -2.62. The van der Waals surface area contributed by atoms with Crippen LogP contribution in [0.3, 0.4) is 0 Å². The maximum atomic E-state index is 14.9. The number of carbonyl (C=O) groups is 5. The molecule has 2 aromatic carbocycles. The van der Waals surface area contributed by atoms with Crippen molar-refractivity contribution in [3.05, 3.63) is 72.3 Å². The Bertz CT molecular complexity index is 2610. The number of amides is 4. The fourth-order valence-corrected chi connectivity index (χ4v) is 10.4. The fourth-order valence-electron chi connectivity index (χ4n) is 10.4. The summed E-state index contributed by atoms with van der Waals surface area (Å²) in [6.45, 7) is 17.0. The molecule has 0 aliphatic carbocycles. The van der Waals surface area contributed by atoms with E-state index >= 15 is 0 Å². The van der Waals surface area contributed by atoms with Gasteiger partial charge in [0.05, 0.1) is 38.0 Å². The molecule has 3 fully saturated rings. The van der Waals surface area contributed by atoms with Crippen LogP contribution in [0.2, 0.25) is 0 Å². The first-order valence-corrected chi connectivity index (χ1v) is 24.5. The third kappa shape index (κ3) is 10.9. The number of nitrogens with zero attached hydrogens (tertiary/aromatic N) is 7. The van der Waals surface area contributed by atoms with Gasteiger partial charge in [-0.25, -0.2) is 15.4 Å². The van der Waals surface area contributed by atoms with E-state index in [0.29, 0.717) is 65.1 Å². The number of cyclic esters (lactones) is 1. The van der Waals surface area contributed by atoms with Gasteiger partial charge in [0.25, 0.3) is 11.8 Å². The molecule has 0 spiro atoms. The Morgan fingerprint density at radius 2 is 1.74 bits per heavy atom. The van der Waals surface area contributed by atoms with E-state index in [-0.39, 0.29) is 30.9 Å². The van der Waals surface area contributed by atoms with Gasteiger partial charge >= 0.3 is 5.97 Å². The Morgan fingerprint density at radius 1 is 0.986 bits per heavy atom. The average molecular weight is 942 g/mol. The summed E-state index contributed by atoms with van der Waals surface area (Å²) in [5.41, 5.74) is 9.53. The molecule has 2 N–H and O–H groups in total. The Balaban J connectivity index is 1.09. The normalized spacial score (nSPS) is 22.6. The number of hydrazine groups is 1. The number of morpholine rings is 1. The van der Waals surface area contributed by atoms with Gasteiger partial charge in [0.1, 0.15) is 24.5 Å². The van der Waals surface area contributed by atoms with Crippen LogP contribution in [0.15, 0.2) is 61.2 Å². The van der Waals surface area contributed by atoms with Gasteiger partial charge in [0, 0.05) is 86.5 Å². The molecule has 8 rings (SSSR count). The summed E-state index contributed by atoms with van der Waals surface area (Å²) in [7, 11) is 1.62. The van der Waals surface area contributed by atoms with Crippen molar-refractivity contribution >= 4 is 40.5 Å². The zero-order chi connectivity index (χ0) is 49.0. The summed E-state index contributed by atoms with van der Waals surface area (Å²) in [5.74, 6) is 2.45. The second-order valence-electron chi connectivity index (χ2n) is 20.2. The molecule has 6 bridgehead atoms. The predicted molar refractivity (Wildman–Crippen MR) is 262 cm³/mol. The number of benzene rings is 2. The van der Waals surface area contributed by atoms with Crippen molar-refractivity contribution in [3.63, 3.8) is 0 Å². The van der Waals surface area contributed by atoms with Crippen LogP contribution in [-0.2, 0) is 46.4 Å².